The van der Waals surface area contributed by atoms with Crippen LogP contribution in [-0.2, 0) is 16.1 Å². The van der Waals surface area contributed by atoms with Crippen molar-refractivity contribution in [1.82, 2.24) is 14.9 Å². The SMILES string of the molecule is CN(C)c1ncnc(Cl)c1COC(=O)C1(C)CCCCN1C(=O)c1ccccc1. The first-order valence-electron chi connectivity index (χ1n) is 9.55. The van der Waals surface area contributed by atoms with Gasteiger partial charge in [-0.15, -0.1) is 0 Å². The Morgan fingerprint density at radius 3 is 2.62 bits per heavy atom. The molecule has 0 bridgehead atoms. The van der Waals surface area contributed by atoms with Crippen molar-refractivity contribution in [3.05, 3.63) is 52.9 Å². The summed E-state index contributed by atoms with van der Waals surface area (Å²) >= 11 is 6.20. The van der Waals surface area contributed by atoms with Gasteiger partial charge in [0.25, 0.3) is 5.91 Å². The zero-order valence-electron chi connectivity index (χ0n) is 16.9. The monoisotopic (exact) mass is 416 g/mol. The summed E-state index contributed by atoms with van der Waals surface area (Å²) in [6.07, 6.45) is 3.61. The molecule has 1 fully saturated rings. The lowest BCUT2D eigenvalue weighted by Crippen LogP contribution is -2.58. The van der Waals surface area contributed by atoms with Gasteiger partial charge in [0.15, 0.2) is 0 Å². The number of carbonyl (C=O) groups is 2. The van der Waals surface area contributed by atoms with E-state index in [9.17, 15) is 9.59 Å². The number of rotatable bonds is 5. The van der Waals surface area contributed by atoms with Gasteiger partial charge in [-0.3, -0.25) is 4.79 Å². The topological polar surface area (TPSA) is 75.6 Å². The van der Waals surface area contributed by atoms with Gasteiger partial charge in [-0.05, 0) is 38.3 Å². The molecule has 154 valence electrons. The summed E-state index contributed by atoms with van der Waals surface area (Å²) in [5, 5.41) is 0.238. The first kappa shape index (κ1) is 21.0. The summed E-state index contributed by atoms with van der Waals surface area (Å²) < 4.78 is 5.63. The predicted octanol–water partition coefficient (Wildman–Crippen LogP) is 3.32. The van der Waals surface area contributed by atoms with Crippen molar-refractivity contribution >= 4 is 29.3 Å². The smallest absolute Gasteiger partial charge is 0.332 e. The van der Waals surface area contributed by atoms with Crippen molar-refractivity contribution < 1.29 is 14.3 Å². The van der Waals surface area contributed by atoms with Crippen molar-refractivity contribution in [2.75, 3.05) is 25.5 Å². The molecule has 1 aromatic carbocycles. The molecule has 0 radical (unpaired) electrons. The van der Waals surface area contributed by atoms with E-state index in [4.69, 9.17) is 16.3 Å². The van der Waals surface area contributed by atoms with Gasteiger partial charge >= 0.3 is 5.97 Å². The lowest BCUT2D eigenvalue weighted by atomic mass is 9.87. The number of amides is 1. The number of nitrogens with zero attached hydrogens (tertiary/aromatic N) is 4. The van der Waals surface area contributed by atoms with E-state index in [0.29, 0.717) is 29.9 Å². The maximum atomic E-state index is 13.1. The molecule has 1 aliphatic heterocycles. The normalized spacial score (nSPS) is 19.0. The molecule has 1 saturated heterocycles. The van der Waals surface area contributed by atoms with E-state index in [1.807, 2.05) is 32.3 Å². The van der Waals surface area contributed by atoms with Crippen LogP contribution in [0.2, 0.25) is 5.15 Å². The van der Waals surface area contributed by atoms with Crippen LogP contribution in [0.1, 0.15) is 42.1 Å². The third kappa shape index (κ3) is 4.34. The summed E-state index contributed by atoms with van der Waals surface area (Å²) in [4.78, 5) is 37.8. The number of halogens is 1. The number of ether oxygens (including phenoxy) is 1. The van der Waals surface area contributed by atoms with Gasteiger partial charge in [0.1, 0.15) is 29.4 Å². The second-order valence-electron chi connectivity index (χ2n) is 7.49. The highest BCUT2D eigenvalue weighted by molar-refractivity contribution is 6.30. The summed E-state index contributed by atoms with van der Waals surface area (Å²) in [6.45, 7) is 2.22. The fraction of sp³-hybridized carbons (Fsp3) is 0.429. The molecule has 1 aromatic heterocycles. The zero-order chi connectivity index (χ0) is 21.0. The van der Waals surface area contributed by atoms with Crippen LogP contribution in [0, 0.1) is 0 Å². The quantitative estimate of drug-likeness (QED) is 0.549. The molecule has 0 spiro atoms. The van der Waals surface area contributed by atoms with Gasteiger partial charge in [0.05, 0.1) is 5.56 Å². The minimum absolute atomic E-state index is 0.0605. The fourth-order valence-corrected chi connectivity index (χ4v) is 3.76. The Morgan fingerprint density at radius 2 is 1.93 bits per heavy atom. The minimum atomic E-state index is -1.04. The molecule has 0 N–H and O–H groups in total. The molecule has 2 heterocycles. The first-order chi connectivity index (χ1) is 13.8. The molecule has 0 aliphatic carbocycles. The zero-order valence-corrected chi connectivity index (χ0v) is 17.6. The Bertz CT molecular complexity index is 891. The minimum Gasteiger partial charge on any atom is -0.459 e. The molecule has 1 unspecified atom stereocenters. The Balaban J connectivity index is 1.80. The maximum Gasteiger partial charge on any atom is 0.332 e. The van der Waals surface area contributed by atoms with E-state index in [1.165, 1.54) is 6.33 Å². The van der Waals surface area contributed by atoms with Crippen LogP contribution in [0.15, 0.2) is 36.7 Å². The molecule has 3 rings (SSSR count). The Labute approximate surface area is 175 Å². The van der Waals surface area contributed by atoms with Crippen molar-refractivity contribution in [2.45, 2.75) is 38.3 Å². The second kappa shape index (κ2) is 8.78. The van der Waals surface area contributed by atoms with Crippen molar-refractivity contribution in [1.29, 1.82) is 0 Å². The van der Waals surface area contributed by atoms with Crippen LogP contribution in [0.5, 0.6) is 0 Å². The van der Waals surface area contributed by atoms with Crippen LogP contribution in [-0.4, -0.2) is 52.9 Å². The molecule has 29 heavy (non-hydrogen) atoms. The number of likely N-dealkylation sites (tertiary alicyclic amines) is 1. The number of benzene rings is 1. The van der Waals surface area contributed by atoms with Gasteiger partial charge < -0.3 is 14.5 Å². The second-order valence-corrected chi connectivity index (χ2v) is 7.85. The molecule has 1 aliphatic rings. The Morgan fingerprint density at radius 1 is 1.21 bits per heavy atom. The third-order valence-corrected chi connectivity index (χ3v) is 5.56. The lowest BCUT2D eigenvalue weighted by Gasteiger charge is -2.42. The fourth-order valence-electron chi connectivity index (χ4n) is 3.58. The van der Waals surface area contributed by atoms with E-state index < -0.39 is 11.5 Å². The van der Waals surface area contributed by atoms with Gasteiger partial charge in [-0.1, -0.05) is 29.8 Å². The average Bonchev–Trinajstić information content (AvgIpc) is 2.72. The molecule has 2 aromatic rings. The molecule has 7 nitrogen and oxygen atoms in total. The number of carbonyl (C=O) groups excluding carboxylic acids is 2. The highest BCUT2D eigenvalue weighted by Gasteiger charge is 2.45. The van der Waals surface area contributed by atoms with Crippen LogP contribution in [0.25, 0.3) is 0 Å². The molecule has 1 atom stereocenters. The largest absolute Gasteiger partial charge is 0.459 e. The third-order valence-electron chi connectivity index (χ3n) is 5.24. The molecule has 8 heteroatoms. The highest BCUT2D eigenvalue weighted by atomic mass is 35.5. The Kier molecular flexibility index (Phi) is 6.37. The van der Waals surface area contributed by atoms with Gasteiger partial charge in [-0.25, -0.2) is 14.8 Å². The summed E-state index contributed by atoms with van der Waals surface area (Å²) in [5.41, 5.74) is 0.0571. The van der Waals surface area contributed by atoms with Gasteiger partial charge in [0, 0.05) is 26.2 Å². The lowest BCUT2D eigenvalue weighted by molar-refractivity contribution is -0.159. The Hall–Kier alpha value is -2.67. The summed E-state index contributed by atoms with van der Waals surface area (Å²) in [6, 6.07) is 8.99. The van der Waals surface area contributed by atoms with E-state index in [1.54, 1.807) is 28.9 Å². The van der Waals surface area contributed by atoms with Crippen LogP contribution in [0.3, 0.4) is 0 Å². The molecular weight excluding hydrogens is 392 g/mol. The van der Waals surface area contributed by atoms with Crippen LogP contribution >= 0.6 is 11.6 Å². The number of piperidine rings is 1. The van der Waals surface area contributed by atoms with Crippen molar-refractivity contribution in [3.63, 3.8) is 0 Å². The van der Waals surface area contributed by atoms with E-state index in [0.717, 1.165) is 12.8 Å². The van der Waals surface area contributed by atoms with Crippen molar-refractivity contribution in [3.8, 4) is 0 Å². The van der Waals surface area contributed by atoms with Gasteiger partial charge in [-0.2, -0.15) is 0 Å². The average molecular weight is 417 g/mol. The van der Waals surface area contributed by atoms with Crippen LogP contribution < -0.4 is 4.90 Å². The van der Waals surface area contributed by atoms with Crippen molar-refractivity contribution in [2.24, 2.45) is 0 Å². The first-order valence-corrected chi connectivity index (χ1v) is 9.93. The maximum absolute atomic E-state index is 13.1. The molecular formula is C21H25ClN4O3. The molecule has 0 saturated carbocycles. The molecule has 1 amide bonds. The van der Waals surface area contributed by atoms with E-state index in [2.05, 4.69) is 9.97 Å². The summed E-state index contributed by atoms with van der Waals surface area (Å²) in [5.74, 6) is -0.0327. The van der Waals surface area contributed by atoms with Gasteiger partial charge in [0.2, 0.25) is 0 Å². The highest BCUT2D eigenvalue weighted by Crippen LogP contribution is 2.32. The number of anilines is 1. The van der Waals surface area contributed by atoms with Crippen LogP contribution in [0.4, 0.5) is 5.82 Å². The van der Waals surface area contributed by atoms with E-state index in [-0.39, 0.29) is 17.7 Å². The number of aromatic nitrogens is 2. The summed E-state index contributed by atoms with van der Waals surface area (Å²) in [7, 11) is 3.65. The number of esters is 1. The van der Waals surface area contributed by atoms with E-state index >= 15 is 0 Å². The standard InChI is InChI=1S/C21H25ClN4O3/c1-21(11-7-8-12-26(21)19(27)15-9-5-4-6-10-15)20(28)29-13-16-17(22)23-14-24-18(16)25(2)3/h4-6,9-10,14H,7-8,11-13H2,1-3H3. The predicted molar refractivity (Wildman–Crippen MR) is 111 cm³/mol. The number of hydrogen-bond acceptors (Lipinski definition) is 6. The number of hydrogen-bond donors (Lipinski definition) is 0.